The van der Waals surface area contributed by atoms with Crippen LogP contribution in [-0.2, 0) is 20.7 Å². The molecule has 1 heterocycles. The van der Waals surface area contributed by atoms with Crippen LogP contribution >= 0.6 is 0 Å². The molecule has 0 fully saturated rings. The van der Waals surface area contributed by atoms with Gasteiger partial charge >= 0.3 is 5.97 Å². The second-order valence-corrected chi connectivity index (χ2v) is 5.92. The minimum Gasteiger partial charge on any atom is -0.508 e. The Kier molecular flexibility index (Phi) is 5.60. The summed E-state index contributed by atoms with van der Waals surface area (Å²) >= 11 is 0. The minimum atomic E-state index is -0.679. The van der Waals surface area contributed by atoms with Gasteiger partial charge in [0.25, 0.3) is 0 Å². The molecule has 23 heavy (non-hydrogen) atoms. The van der Waals surface area contributed by atoms with Gasteiger partial charge < -0.3 is 19.7 Å². The molecular weight excluding hydrogens is 300 g/mol. The van der Waals surface area contributed by atoms with E-state index in [-0.39, 0.29) is 53.5 Å². The van der Waals surface area contributed by atoms with Gasteiger partial charge in [-0.1, -0.05) is 0 Å². The molecule has 0 spiro atoms. The summed E-state index contributed by atoms with van der Waals surface area (Å²) in [7, 11) is 1.57. The van der Waals surface area contributed by atoms with Gasteiger partial charge in [0.2, 0.25) is 0 Å². The van der Waals surface area contributed by atoms with Gasteiger partial charge in [-0.2, -0.15) is 0 Å². The number of hydrogen-bond acceptors (Lipinski definition) is 6. The molecule has 6 heteroatoms. The van der Waals surface area contributed by atoms with Crippen LogP contribution in [0.5, 0.6) is 11.5 Å². The van der Waals surface area contributed by atoms with Crippen LogP contribution in [-0.4, -0.2) is 41.3 Å². The second-order valence-electron chi connectivity index (χ2n) is 5.92. The molecule has 2 N–H and O–H groups in total. The number of esters is 1. The van der Waals surface area contributed by atoms with Gasteiger partial charge in [-0.25, -0.2) is 4.79 Å². The highest BCUT2D eigenvalue weighted by Gasteiger charge is 2.25. The SMILES string of the molecule is CO[C@H]1CCC[C@@H](C)OC(=O)c2c(O)cc(O)cc2CC(=O)C1. The van der Waals surface area contributed by atoms with Crippen molar-refractivity contribution >= 4 is 11.8 Å². The van der Waals surface area contributed by atoms with E-state index in [1.165, 1.54) is 6.07 Å². The fourth-order valence-corrected chi connectivity index (χ4v) is 2.82. The number of ether oxygens (including phenoxy) is 2. The largest absolute Gasteiger partial charge is 0.508 e. The predicted molar refractivity (Wildman–Crippen MR) is 82.6 cm³/mol. The van der Waals surface area contributed by atoms with Crippen molar-refractivity contribution in [2.24, 2.45) is 0 Å². The Morgan fingerprint density at radius 3 is 2.65 bits per heavy atom. The maximum Gasteiger partial charge on any atom is 0.342 e. The Morgan fingerprint density at radius 2 is 1.96 bits per heavy atom. The van der Waals surface area contributed by atoms with Crippen molar-refractivity contribution in [2.75, 3.05) is 7.11 Å². The highest BCUT2D eigenvalue weighted by molar-refractivity contribution is 5.96. The molecule has 6 nitrogen and oxygen atoms in total. The lowest BCUT2D eigenvalue weighted by Gasteiger charge is -2.20. The van der Waals surface area contributed by atoms with E-state index in [9.17, 15) is 19.8 Å². The first-order valence-corrected chi connectivity index (χ1v) is 7.71. The van der Waals surface area contributed by atoms with E-state index in [4.69, 9.17) is 9.47 Å². The molecule has 1 aromatic carbocycles. The molecule has 1 aromatic rings. The monoisotopic (exact) mass is 322 g/mol. The van der Waals surface area contributed by atoms with Crippen molar-refractivity contribution in [1.82, 2.24) is 0 Å². The summed E-state index contributed by atoms with van der Waals surface area (Å²) in [6.07, 6.45) is 1.80. The van der Waals surface area contributed by atoms with Crippen LogP contribution in [0.3, 0.4) is 0 Å². The summed E-state index contributed by atoms with van der Waals surface area (Å²) in [6, 6.07) is 2.38. The van der Waals surface area contributed by atoms with Crippen molar-refractivity contribution in [2.45, 2.75) is 51.2 Å². The first kappa shape index (κ1) is 17.3. The Bertz CT molecular complexity index is 595. The number of methoxy groups -OCH3 is 1. The first-order chi connectivity index (χ1) is 10.9. The average Bonchev–Trinajstić information content (AvgIpc) is 2.44. The van der Waals surface area contributed by atoms with E-state index in [0.29, 0.717) is 12.8 Å². The maximum absolute atomic E-state index is 12.3. The molecule has 0 bridgehead atoms. The molecule has 0 aromatic heterocycles. The van der Waals surface area contributed by atoms with Crippen LogP contribution in [0, 0.1) is 0 Å². The fourth-order valence-electron chi connectivity index (χ4n) is 2.82. The molecule has 0 saturated carbocycles. The normalized spacial score (nSPS) is 23.4. The zero-order chi connectivity index (χ0) is 17.0. The lowest BCUT2D eigenvalue weighted by molar-refractivity contribution is -0.120. The summed E-state index contributed by atoms with van der Waals surface area (Å²) in [5.41, 5.74) is 0.206. The molecule has 1 aliphatic rings. The number of ketones is 1. The van der Waals surface area contributed by atoms with E-state index in [1.54, 1.807) is 14.0 Å². The minimum absolute atomic E-state index is 0.0578. The summed E-state index contributed by atoms with van der Waals surface area (Å²) in [5.74, 6) is -1.39. The van der Waals surface area contributed by atoms with Gasteiger partial charge in [0.15, 0.2) is 0 Å². The van der Waals surface area contributed by atoms with Gasteiger partial charge in [-0.15, -0.1) is 0 Å². The third-order valence-corrected chi connectivity index (χ3v) is 4.01. The maximum atomic E-state index is 12.3. The van der Waals surface area contributed by atoms with Crippen LogP contribution in [0.15, 0.2) is 12.1 Å². The van der Waals surface area contributed by atoms with Crippen LogP contribution in [0.25, 0.3) is 0 Å². The van der Waals surface area contributed by atoms with Crippen molar-refractivity contribution in [3.8, 4) is 11.5 Å². The second kappa shape index (κ2) is 7.46. The zero-order valence-electron chi connectivity index (χ0n) is 13.4. The van der Waals surface area contributed by atoms with Gasteiger partial charge in [0, 0.05) is 26.0 Å². The van der Waals surface area contributed by atoms with Crippen molar-refractivity contribution in [3.05, 3.63) is 23.3 Å². The molecule has 126 valence electrons. The third kappa shape index (κ3) is 4.45. The Hall–Kier alpha value is -2.08. The predicted octanol–water partition coefficient (Wildman–Crippen LogP) is 2.34. The van der Waals surface area contributed by atoms with E-state index in [2.05, 4.69) is 0 Å². The number of cyclic esters (lactones) is 1. The van der Waals surface area contributed by atoms with E-state index in [0.717, 1.165) is 12.5 Å². The number of rotatable bonds is 1. The third-order valence-electron chi connectivity index (χ3n) is 4.01. The Balaban J connectivity index is 2.38. The molecule has 2 rings (SSSR count). The average molecular weight is 322 g/mol. The molecule has 0 aliphatic carbocycles. The molecule has 0 unspecified atom stereocenters. The number of aromatic hydroxyl groups is 2. The lowest BCUT2D eigenvalue weighted by atomic mass is 9.96. The number of benzene rings is 1. The number of hydrogen-bond donors (Lipinski definition) is 2. The van der Waals surface area contributed by atoms with E-state index in [1.807, 2.05) is 0 Å². The number of Topliss-reactive ketones (excluding diaryl/α,β-unsaturated/α-hetero) is 1. The molecule has 2 atom stereocenters. The van der Waals surface area contributed by atoms with Crippen molar-refractivity contribution in [1.29, 1.82) is 0 Å². The van der Waals surface area contributed by atoms with Gasteiger partial charge in [-0.3, -0.25) is 4.79 Å². The van der Waals surface area contributed by atoms with Crippen LogP contribution in [0.2, 0.25) is 0 Å². The summed E-state index contributed by atoms with van der Waals surface area (Å²) in [5, 5.41) is 19.6. The zero-order valence-corrected chi connectivity index (χ0v) is 13.4. The first-order valence-electron chi connectivity index (χ1n) is 7.71. The number of phenolic OH excluding ortho intramolecular Hbond substituents is 2. The summed E-state index contributed by atoms with van der Waals surface area (Å²) in [6.45, 7) is 1.79. The van der Waals surface area contributed by atoms with Gasteiger partial charge in [0.05, 0.1) is 12.2 Å². The highest BCUT2D eigenvalue weighted by atomic mass is 16.5. The molecule has 0 radical (unpaired) electrons. The molecule has 0 amide bonds. The summed E-state index contributed by atoms with van der Waals surface area (Å²) in [4.78, 5) is 24.5. The van der Waals surface area contributed by atoms with Gasteiger partial charge in [-0.05, 0) is 37.8 Å². The standard InChI is InChI=1S/C17H22O6/c1-10-4-3-5-14(22-2)8-12(18)6-11-7-13(19)9-15(20)16(11)17(21)23-10/h7,9-10,14,19-20H,3-6,8H2,1-2H3/t10-,14+/m1/s1. The smallest absolute Gasteiger partial charge is 0.342 e. The summed E-state index contributed by atoms with van der Waals surface area (Å²) < 4.78 is 10.7. The highest BCUT2D eigenvalue weighted by Crippen LogP contribution is 2.30. The quantitative estimate of drug-likeness (QED) is 0.771. The molecule has 1 aliphatic heterocycles. The number of phenols is 2. The van der Waals surface area contributed by atoms with Gasteiger partial charge in [0.1, 0.15) is 22.8 Å². The van der Waals surface area contributed by atoms with E-state index < -0.39 is 5.97 Å². The fraction of sp³-hybridized carbons (Fsp3) is 0.529. The number of fused-ring (bicyclic) bond motifs is 1. The van der Waals surface area contributed by atoms with Crippen LogP contribution in [0.1, 0.15) is 48.5 Å². The van der Waals surface area contributed by atoms with Crippen molar-refractivity contribution < 1.29 is 29.3 Å². The number of carbonyl (C=O) groups is 2. The molecular formula is C17H22O6. The Labute approximate surface area is 135 Å². The van der Waals surface area contributed by atoms with Crippen LogP contribution < -0.4 is 0 Å². The topological polar surface area (TPSA) is 93.1 Å². The van der Waals surface area contributed by atoms with E-state index >= 15 is 0 Å². The molecule has 0 saturated heterocycles. The lowest BCUT2D eigenvalue weighted by Crippen LogP contribution is -2.22. The Morgan fingerprint density at radius 1 is 1.22 bits per heavy atom. The number of carbonyl (C=O) groups excluding carboxylic acids is 2. The van der Waals surface area contributed by atoms with Crippen molar-refractivity contribution in [3.63, 3.8) is 0 Å². The van der Waals surface area contributed by atoms with Crippen LogP contribution in [0.4, 0.5) is 0 Å².